The first-order valence-corrected chi connectivity index (χ1v) is 9.97. The number of rotatable bonds is 11. The zero-order chi connectivity index (χ0) is 22.1. The van der Waals surface area contributed by atoms with Gasteiger partial charge in [0, 0.05) is 13.2 Å². The van der Waals surface area contributed by atoms with Gasteiger partial charge in [-0.15, -0.1) is 0 Å². The van der Waals surface area contributed by atoms with E-state index in [2.05, 4.69) is 0 Å². The van der Waals surface area contributed by atoms with Crippen LogP contribution in [0.3, 0.4) is 0 Å². The molecule has 0 saturated carbocycles. The van der Waals surface area contributed by atoms with Crippen LogP contribution in [0, 0.1) is 0 Å². The van der Waals surface area contributed by atoms with Crippen LogP contribution in [0.25, 0.3) is 0 Å². The van der Waals surface area contributed by atoms with Crippen molar-refractivity contribution in [3.63, 3.8) is 0 Å². The van der Waals surface area contributed by atoms with Gasteiger partial charge in [-0.05, 0) is 49.4 Å². The maximum absolute atomic E-state index is 12.4. The van der Waals surface area contributed by atoms with Crippen LogP contribution in [0.5, 0.6) is 17.2 Å². The first kappa shape index (κ1) is 22.0. The topological polar surface area (TPSA) is 76.0 Å². The van der Waals surface area contributed by atoms with Crippen molar-refractivity contribution in [1.29, 1.82) is 0 Å². The van der Waals surface area contributed by atoms with Gasteiger partial charge < -0.3 is 23.5 Å². The fourth-order valence-electron chi connectivity index (χ4n) is 2.89. The number of carbonyl (C=O) groups excluding carboxylic acids is 2. The second kappa shape index (κ2) is 10.9. The van der Waals surface area contributed by atoms with E-state index >= 15 is 0 Å². The van der Waals surface area contributed by atoms with Crippen molar-refractivity contribution in [2.45, 2.75) is 6.92 Å². The lowest BCUT2D eigenvalue weighted by atomic mass is 10.2. The summed E-state index contributed by atoms with van der Waals surface area (Å²) in [7, 11) is 1.76. The second-order valence-electron chi connectivity index (χ2n) is 6.61. The molecule has 162 valence electrons. The van der Waals surface area contributed by atoms with E-state index in [0.717, 1.165) is 5.75 Å². The quantitative estimate of drug-likeness (QED) is 0.264. The van der Waals surface area contributed by atoms with Crippen LogP contribution < -0.4 is 14.2 Å². The van der Waals surface area contributed by atoms with Crippen LogP contribution in [-0.2, 0) is 11.8 Å². The molecule has 0 fully saturated rings. The van der Waals surface area contributed by atoms with Crippen molar-refractivity contribution >= 4 is 11.8 Å². The Balaban J connectivity index is 1.56. The summed E-state index contributed by atoms with van der Waals surface area (Å²) in [6.45, 7) is 2.58. The number of aromatic nitrogens is 1. The maximum atomic E-state index is 12.4. The summed E-state index contributed by atoms with van der Waals surface area (Å²) in [5.41, 5.74) is 0.750. The van der Waals surface area contributed by atoms with E-state index in [4.69, 9.17) is 18.9 Å². The van der Waals surface area contributed by atoms with Gasteiger partial charge in [0.05, 0.1) is 17.9 Å². The molecule has 0 N–H and O–H groups in total. The van der Waals surface area contributed by atoms with Crippen LogP contribution in [0.15, 0.2) is 66.9 Å². The third-order valence-corrected chi connectivity index (χ3v) is 4.40. The second-order valence-corrected chi connectivity index (χ2v) is 6.61. The van der Waals surface area contributed by atoms with Gasteiger partial charge in [0.25, 0.3) is 0 Å². The standard InChI is InChI=1S/C24H25NO6/c1-3-28-23-16-18(24(27)31-17-21(26)20-10-7-13-25(20)2)11-12-22(23)30-15-14-29-19-8-5-4-6-9-19/h4-13,16H,3,14-15,17H2,1-2H3. The summed E-state index contributed by atoms with van der Waals surface area (Å²) in [6, 6.07) is 17.7. The monoisotopic (exact) mass is 423 g/mol. The van der Waals surface area contributed by atoms with E-state index in [-0.39, 0.29) is 18.0 Å². The fraction of sp³-hybridized carbons (Fsp3) is 0.250. The number of para-hydroxylation sites is 1. The average Bonchev–Trinajstić information content (AvgIpc) is 3.22. The summed E-state index contributed by atoms with van der Waals surface area (Å²) in [5, 5.41) is 0. The van der Waals surface area contributed by atoms with Gasteiger partial charge in [-0.2, -0.15) is 0 Å². The highest BCUT2D eigenvalue weighted by Crippen LogP contribution is 2.29. The van der Waals surface area contributed by atoms with E-state index in [1.165, 1.54) is 0 Å². The van der Waals surface area contributed by atoms with Gasteiger partial charge in [0.15, 0.2) is 18.1 Å². The van der Waals surface area contributed by atoms with Crippen LogP contribution in [0.1, 0.15) is 27.8 Å². The molecule has 0 unspecified atom stereocenters. The molecule has 3 rings (SSSR count). The van der Waals surface area contributed by atoms with Crippen molar-refractivity contribution in [1.82, 2.24) is 4.57 Å². The lowest BCUT2D eigenvalue weighted by Crippen LogP contribution is -2.16. The minimum atomic E-state index is -0.609. The Labute approximate surface area is 181 Å². The molecule has 0 spiro atoms. The van der Waals surface area contributed by atoms with Crippen molar-refractivity contribution < 1.29 is 28.5 Å². The number of aryl methyl sites for hydroxylation is 1. The van der Waals surface area contributed by atoms with E-state index < -0.39 is 5.97 Å². The Morgan fingerprint density at radius 3 is 2.35 bits per heavy atom. The molecule has 0 saturated heterocycles. The Bertz CT molecular complexity index is 1010. The Hall–Kier alpha value is -3.74. The molecule has 31 heavy (non-hydrogen) atoms. The summed E-state index contributed by atoms with van der Waals surface area (Å²) < 4.78 is 23.8. The zero-order valence-corrected chi connectivity index (χ0v) is 17.6. The highest BCUT2D eigenvalue weighted by atomic mass is 16.5. The molecule has 0 atom stereocenters. The number of hydrogen-bond acceptors (Lipinski definition) is 6. The van der Waals surface area contributed by atoms with E-state index in [1.54, 1.807) is 48.1 Å². The average molecular weight is 423 g/mol. The predicted octanol–water partition coefficient (Wildman–Crippen LogP) is 3.92. The maximum Gasteiger partial charge on any atom is 0.338 e. The number of hydrogen-bond donors (Lipinski definition) is 0. The minimum absolute atomic E-state index is 0.274. The van der Waals surface area contributed by atoms with Crippen molar-refractivity contribution in [3.05, 3.63) is 78.1 Å². The number of benzene rings is 2. The summed E-state index contributed by atoms with van der Waals surface area (Å²) in [5.74, 6) is 0.797. The highest BCUT2D eigenvalue weighted by molar-refractivity contribution is 5.98. The summed E-state index contributed by atoms with van der Waals surface area (Å²) >= 11 is 0. The lowest BCUT2D eigenvalue weighted by Gasteiger charge is -2.14. The molecule has 0 aliphatic heterocycles. The van der Waals surface area contributed by atoms with Crippen LogP contribution >= 0.6 is 0 Å². The molecular weight excluding hydrogens is 398 g/mol. The van der Waals surface area contributed by atoms with Gasteiger partial charge in [-0.3, -0.25) is 4.79 Å². The SMILES string of the molecule is CCOc1cc(C(=O)OCC(=O)c2cccn2C)ccc1OCCOc1ccccc1. The fourth-order valence-corrected chi connectivity index (χ4v) is 2.89. The van der Waals surface area contributed by atoms with Crippen LogP contribution in [-0.4, -0.2) is 42.7 Å². The molecule has 7 heteroatoms. The molecule has 0 aliphatic carbocycles. The van der Waals surface area contributed by atoms with Gasteiger partial charge in [-0.25, -0.2) is 4.79 Å². The van der Waals surface area contributed by atoms with Crippen LogP contribution in [0.4, 0.5) is 0 Å². The van der Waals surface area contributed by atoms with Crippen molar-refractivity contribution in [2.24, 2.45) is 7.05 Å². The summed E-state index contributed by atoms with van der Waals surface area (Å²) in [6.07, 6.45) is 1.76. The largest absolute Gasteiger partial charge is 0.490 e. The molecule has 0 aliphatic rings. The number of ketones is 1. The molecule has 0 radical (unpaired) electrons. The molecule has 3 aromatic rings. The van der Waals surface area contributed by atoms with Gasteiger partial charge in [-0.1, -0.05) is 18.2 Å². The van der Waals surface area contributed by atoms with Gasteiger partial charge >= 0.3 is 5.97 Å². The Kier molecular flexibility index (Phi) is 7.70. The summed E-state index contributed by atoms with van der Waals surface area (Å²) in [4.78, 5) is 24.6. The minimum Gasteiger partial charge on any atom is -0.490 e. The van der Waals surface area contributed by atoms with Gasteiger partial charge in [0.2, 0.25) is 5.78 Å². The molecule has 7 nitrogen and oxygen atoms in total. The van der Waals surface area contributed by atoms with E-state index in [0.29, 0.717) is 37.0 Å². The van der Waals surface area contributed by atoms with Crippen LogP contribution in [0.2, 0.25) is 0 Å². The number of ether oxygens (including phenoxy) is 4. The van der Waals surface area contributed by atoms with Crippen molar-refractivity contribution in [2.75, 3.05) is 26.4 Å². The van der Waals surface area contributed by atoms with Gasteiger partial charge in [0.1, 0.15) is 19.0 Å². The predicted molar refractivity (Wildman–Crippen MR) is 115 cm³/mol. The molecule has 1 heterocycles. The third kappa shape index (κ3) is 6.12. The molecule has 1 aromatic heterocycles. The first-order valence-electron chi connectivity index (χ1n) is 9.97. The lowest BCUT2D eigenvalue weighted by molar-refractivity contribution is 0.0472. The third-order valence-electron chi connectivity index (χ3n) is 4.40. The molecule has 2 aromatic carbocycles. The number of nitrogens with zero attached hydrogens (tertiary/aromatic N) is 1. The smallest absolute Gasteiger partial charge is 0.338 e. The number of carbonyl (C=O) groups is 2. The molecule has 0 bridgehead atoms. The van der Waals surface area contributed by atoms with E-state index in [9.17, 15) is 9.59 Å². The first-order chi connectivity index (χ1) is 15.1. The highest BCUT2D eigenvalue weighted by Gasteiger charge is 2.16. The van der Waals surface area contributed by atoms with E-state index in [1.807, 2.05) is 37.3 Å². The Morgan fingerprint density at radius 2 is 1.65 bits per heavy atom. The normalized spacial score (nSPS) is 10.4. The zero-order valence-electron chi connectivity index (χ0n) is 17.6. The number of Topliss-reactive ketones (excluding diaryl/α,β-unsaturated/α-hetero) is 1. The molecular formula is C24H25NO6. The molecule has 0 amide bonds. The van der Waals surface area contributed by atoms with Crippen molar-refractivity contribution in [3.8, 4) is 17.2 Å². The number of esters is 1. The Morgan fingerprint density at radius 1 is 0.871 bits per heavy atom.